The molecule has 1 fully saturated rings. The Kier molecular flexibility index (Phi) is 7.51. The second kappa shape index (κ2) is 10.7. The molecule has 0 bridgehead atoms. The van der Waals surface area contributed by atoms with Crippen molar-refractivity contribution in [3.05, 3.63) is 47.1 Å². The van der Waals surface area contributed by atoms with Crippen molar-refractivity contribution >= 4 is 34.5 Å². The Morgan fingerprint density at radius 1 is 1.27 bits per heavy atom. The number of fused-ring (bicyclic) bond motifs is 1. The van der Waals surface area contributed by atoms with Gasteiger partial charge >= 0.3 is 6.09 Å². The summed E-state index contributed by atoms with van der Waals surface area (Å²) in [5.74, 6) is 1.69. The Morgan fingerprint density at radius 3 is 2.85 bits per heavy atom. The van der Waals surface area contributed by atoms with Gasteiger partial charge in [0.2, 0.25) is 0 Å². The van der Waals surface area contributed by atoms with Crippen LogP contribution in [0.1, 0.15) is 18.4 Å². The number of halogens is 1. The Hall–Kier alpha value is -3.04. The van der Waals surface area contributed by atoms with Gasteiger partial charge < -0.3 is 25.0 Å². The number of ether oxygens (including phenoxy) is 2. The molecule has 1 amide bonds. The van der Waals surface area contributed by atoms with E-state index in [1.807, 2.05) is 35.0 Å². The number of pyridine rings is 1. The lowest BCUT2D eigenvalue weighted by Crippen LogP contribution is -2.34. The lowest BCUT2D eigenvalue weighted by molar-refractivity contribution is 0.147. The first-order valence-corrected chi connectivity index (χ1v) is 11.4. The van der Waals surface area contributed by atoms with Crippen LogP contribution in [0.25, 0.3) is 11.0 Å². The van der Waals surface area contributed by atoms with E-state index in [1.165, 1.54) is 0 Å². The van der Waals surface area contributed by atoms with E-state index in [0.717, 1.165) is 60.6 Å². The third-order valence-corrected chi connectivity index (χ3v) is 6.05. The third kappa shape index (κ3) is 5.48. The topological polar surface area (TPSA) is 93.5 Å². The lowest BCUT2D eigenvalue weighted by Gasteiger charge is -2.17. The van der Waals surface area contributed by atoms with E-state index in [1.54, 1.807) is 20.4 Å². The molecule has 33 heavy (non-hydrogen) atoms. The van der Waals surface area contributed by atoms with Gasteiger partial charge in [0.1, 0.15) is 5.75 Å². The highest BCUT2D eigenvalue weighted by Gasteiger charge is 2.27. The Labute approximate surface area is 198 Å². The van der Waals surface area contributed by atoms with E-state index in [4.69, 9.17) is 26.2 Å². The number of carbonyl (C=O) groups excluding carboxylic acids is 1. The molecule has 4 rings (SSSR count). The Balaban J connectivity index is 1.44. The van der Waals surface area contributed by atoms with Gasteiger partial charge in [0, 0.05) is 32.4 Å². The number of aromatic nitrogens is 3. The second-order valence-corrected chi connectivity index (χ2v) is 8.35. The Morgan fingerprint density at radius 2 is 2.09 bits per heavy atom. The maximum atomic E-state index is 11.1. The largest absolute Gasteiger partial charge is 0.497 e. The number of hydrogen-bond acceptors (Lipinski definition) is 7. The van der Waals surface area contributed by atoms with Gasteiger partial charge in [-0.3, -0.25) is 0 Å². The minimum atomic E-state index is -0.398. The second-order valence-electron chi connectivity index (χ2n) is 7.95. The quantitative estimate of drug-likeness (QED) is 0.462. The summed E-state index contributed by atoms with van der Waals surface area (Å²) in [5.41, 5.74) is 1.88. The molecule has 1 aromatic carbocycles. The standard InChI is InChI=1S/C23H29ClN6O3/c1-25-23(31)33-13-3-10-26-17-9-12-29(15-17)22-20-19(24)8-11-27-21(20)30(28-22)14-16-4-6-18(32-2)7-5-16/h4-8,11,17,26H,3,9-10,12-15H2,1-2H3,(H,25,31)/t17-/m1/s1. The van der Waals surface area contributed by atoms with Crippen LogP contribution in [0.15, 0.2) is 36.5 Å². The summed E-state index contributed by atoms with van der Waals surface area (Å²) in [6.45, 7) is 3.48. The molecule has 176 valence electrons. The highest BCUT2D eigenvalue weighted by Crippen LogP contribution is 2.33. The molecule has 1 aliphatic heterocycles. The number of nitrogens with zero attached hydrogens (tertiary/aromatic N) is 4. The summed E-state index contributed by atoms with van der Waals surface area (Å²) in [5, 5.41) is 12.4. The number of benzene rings is 1. The molecule has 3 heterocycles. The van der Waals surface area contributed by atoms with Crippen LogP contribution < -0.4 is 20.3 Å². The number of rotatable bonds is 9. The van der Waals surface area contributed by atoms with Crippen LogP contribution >= 0.6 is 11.6 Å². The van der Waals surface area contributed by atoms with Crippen molar-refractivity contribution in [1.29, 1.82) is 0 Å². The molecule has 2 N–H and O–H groups in total. The van der Waals surface area contributed by atoms with E-state index in [0.29, 0.717) is 24.2 Å². The smallest absolute Gasteiger partial charge is 0.406 e. The average Bonchev–Trinajstić information content (AvgIpc) is 3.45. The summed E-state index contributed by atoms with van der Waals surface area (Å²) in [7, 11) is 3.21. The molecule has 9 nitrogen and oxygen atoms in total. The fourth-order valence-electron chi connectivity index (χ4n) is 4.01. The molecule has 1 aliphatic rings. The summed E-state index contributed by atoms with van der Waals surface area (Å²) >= 11 is 6.59. The number of hydrogen-bond donors (Lipinski definition) is 2. The van der Waals surface area contributed by atoms with E-state index in [9.17, 15) is 4.79 Å². The fourth-order valence-corrected chi connectivity index (χ4v) is 4.24. The molecule has 0 radical (unpaired) electrons. The number of anilines is 1. The van der Waals surface area contributed by atoms with Gasteiger partial charge in [-0.1, -0.05) is 23.7 Å². The number of carbonyl (C=O) groups is 1. The monoisotopic (exact) mass is 472 g/mol. The van der Waals surface area contributed by atoms with Crippen LogP contribution in [0, 0.1) is 0 Å². The molecule has 10 heteroatoms. The first kappa shape index (κ1) is 23.1. The van der Waals surface area contributed by atoms with Crippen molar-refractivity contribution in [1.82, 2.24) is 25.4 Å². The third-order valence-electron chi connectivity index (χ3n) is 5.73. The number of amides is 1. The van der Waals surface area contributed by atoms with Crippen molar-refractivity contribution in [2.75, 3.05) is 45.3 Å². The molecule has 0 saturated carbocycles. The minimum Gasteiger partial charge on any atom is -0.497 e. The van der Waals surface area contributed by atoms with Gasteiger partial charge in [-0.15, -0.1) is 0 Å². The number of methoxy groups -OCH3 is 1. The summed E-state index contributed by atoms with van der Waals surface area (Å²) < 4.78 is 12.2. The molecule has 0 spiro atoms. The summed E-state index contributed by atoms with van der Waals surface area (Å²) in [4.78, 5) is 18.0. The Bertz CT molecular complexity index is 1090. The predicted molar refractivity (Wildman–Crippen MR) is 128 cm³/mol. The zero-order valence-corrected chi connectivity index (χ0v) is 19.6. The molecular formula is C23H29ClN6O3. The van der Waals surface area contributed by atoms with Crippen LogP contribution in [-0.2, 0) is 11.3 Å². The van der Waals surface area contributed by atoms with Crippen molar-refractivity contribution in [2.45, 2.75) is 25.4 Å². The molecule has 0 unspecified atom stereocenters. The van der Waals surface area contributed by atoms with E-state index in [-0.39, 0.29) is 0 Å². The average molecular weight is 473 g/mol. The predicted octanol–water partition coefficient (Wildman–Crippen LogP) is 3.06. The van der Waals surface area contributed by atoms with E-state index >= 15 is 0 Å². The van der Waals surface area contributed by atoms with Crippen molar-refractivity contribution in [2.24, 2.45) is 0 Å². The maximum absolute atomic E-state index is 11.1. The van der Waals surface area contributed by atoms with E-state index in [2.05, 4.69) is 20.5 Å². The highest BCUT2D eigenvalue weighted by atomic mass is 35.5. The zero-order valence-electron chi connectivity index (χ0n) is 18.9. The highest BCUT2D eigenvalue weighted by molar-refractivity contribution is 6.36. The normalized spacial score (nSPS) is 15.7. The number of nitrogens with one attached hydrogen (secondary N) is 2. The first-order chi connectivity index (χ1) is 16.1. The molecule has 3 aromatic rings. The molecule has 1 atom stereocenters. The van der Waals surface area contributed by atoms with E-state index < -0.39 is 6.09 Å². The SMILES string of the molecule is CNC(=O)OCCCN[C@@H]1CCN(c2nn(Cc3ccc(OC)cc3)c3nccc(Cl)c23)C1. The van der Waals surface area contributed by atoms with Gasteiger partial charge in [0.15, 0.2) is 11.5 Å². The van der Waals surface area contributed by atoms with Crippen LogP contribution in [-0.4, -0.2) is 67.3 Å². The van der Waals surface area contributed by atoms with Crippen LogP contribution in [0.4, 0.5) is 10.6 Å². The molecular weight excluding hydrogens is 444 g/mol. The van der Waals surface area contributed by atoms with Gasteiger partial charge in [0.25, 0.3) is 0 Å². The fraction of sp³-hybridized carbons (Fsp3) is 0.435. The van der Waals surface area contributed by atoms with Crippen molar-refractivity contribution < 1.29 is 14.3 Å². The van der Waals surface area contributed by atoms with Crippen LogP contribution in [0.3, 0.4) is 0 Å². The minimum absolute atomic E-state index is 0.335. The van der Waals surface area contributed by atoms with Gasteiger partial charge in [-0.2, -0.15) is 5.10 Å². The van der Waals surface area contributed by atoms with Crippen molar-refractivity contribution in [3.8, 4) is 5.75 Å². The van der Waals surface area contributed by atoms with Crippen LogP contribution in [0.2, 0.25) is 5.02 Å². The first-order valence-electron chi connectivity index (χ1n) is 11.1. The summed E-state index contributed by atoms with van der Waals surface area (Å²) in [6.07, 6.45) is 3.08. The van der Waals surface area contributed by atoms with Gasteiger partial charge in [0.05, 0.1) is 30.7 Å². The maximum Gasteiger partial charge on any atom is 0.406 e. The van der Waals surface area contributed by atoms with Gasteiger partial charge in [-0.05, 0) is 43.1 Å². The molecule has 1 saturated heterocycles. The number of alkyl carbamates (subject to hydrolysis) is 1. The van der Waals surface area contributed by atoms with Crippen molar-refractivity contribution in [3.63, 3.8) is 0 Å². The zero-order chi connectivity index (χ0) is 23.2. The molecule has 0 aliphatic carbocycles. The molecule has 2 aromatic heterocycles. The van der Waals surface area contributed by atoms with Gasteiger partial charge in [-0.25, -0.2) is 14.5 Å². The lowest BCUT2D eigenvalue weighted by atomic mass is 10.2. The summed E-state index contributed by atoms with van der Waals surface area (Å²) in [6, 6.07) is 10.1. The van der Waals surface area contributed by atoms with Crippen LogP contribution in [0.5, 0.6) is 5.75 Å².